The number of hydrogen-bond acceptors (Lipinski definition) is 4. The zero-order valence-corrected chi connectivity index (χ0v) is 12.3. The largest absolute Gasteiger partial charge is 0.497 e. The highest BCUT2D eigenvalue weighted by Gasteiger charge is 2.15. The van der Waals surface area contributed by atoms with E-state index >= 15 is 0 Å². The van der Waals surface area contributed by atoms with Gasteiger partial charge in [0.15, 0.2) is 0 Å². The first kappa shape index (κ1) is 16.4. The Balaban J connectivity index is 2.80. The van der Waals surface area contributed by atoms with Crippen LogP contribution in [0, 0.1) is 0 Å². The van der Waals surface area contributed by atoms with Gasteiger partial charge in [0.05, 0.1) is 31.1 Å². The van der Waals surface area contributed by atoms with Crippen molar-refractivity contribution >= 4 is 28.9 Å². The Labute approximate surface area is 123 Å². The third-order valence-corrected chi connectivity index (χ3v) is 3.37. The first-order chi connectivity index (χ1) is 9.10. The standard InChI is InChI=1S/C13H19Cl2NO3/c1-19-13-4-2-10(3-5-13)16(8-11(17)6-14)9-12(18)7-15/h2-5,11-12,17-18H,6-9H2,1H3/t11-,12-/m0/s1. The molecule has 1 aromatic carbocycles. The van der Waals surface area contributed by atoms with Crippen LogP contribution in [0.2, 0.25) is 0 Å². The monoisotopic (exact) mass is 307 g/mol. The molecule has 0 radical (unpaired) electrons. The van der Waals surface area contributed by atoms with E-state index in [4.69, 9.17) is 27.9 Å². The van der Waals surface area contributed by atoms with Crippen LogP contribution in [-0.2, 0) is 0 Å². The fourth-order valence-electron chi connectivity index (χ4n) is 1.68. The highest BCUT2D eigenvalue weighted by molar-refractivity contribution is 6.18. The number of aliphatic hydroxyl groups excluding tert-OH is 2. The lowest BCUT2D eigenvalue weighted by atomic mass is 10.2. The Bertz CT molecular complexity index is 349. The van der Waals surface area contributed by atoms with Gasteiger partial charge in [-0.25, -0.2) is 0 Å². The van der Waals surface area contributed by atoms with Crippen molar-refractivity contribution in [1.29, 1.82) is 0 Å². The lowest BCUT2D eigenvalue weighted by molar-refractivity contribution is 0.181. The van der Waals surface area contributed by atoms with E-state index in [0.29, 0.717) is 13.1 Å². The highest BCUT2D eigenvalue weighted by Crippen LogP contribution is 2.20. The van der Waals surface area contributed by atoms with E-state index in [9.17, 15) is 10.2 Å². The normalized spacial score (nSPS) is 13.9. The fraction of sp³-hybridized carbons (Fsp3) is 0.538. The topological polar surface area (TPSA) is 52.9 Å². The Morgan fingerprint density at radius 1 is 1.05 bits per heavy atom. The minimum Gasteiger partial charge on any atom is -0.497 e. The Morgan fingerprint density at radius 2 is 1.53 bits per heavy atom. The van der Waals surface area contributed by atoms with E-state index in [1.54, 1.807) is 7.11 Å². The van der Waals surface area contributed by atoms with Gasteiger partial charge in [-0.2, -0.15) is 0 Å². The van der Waals surface area contributed by atoms with Gasteiger partial charge >= 0.3 is 0 Å². The third kappa shape index (κ3) is 5.45. The van der Waals surface area contributed by atoms with Crippen molar-refractivity contribution in [1.82, 2.24) is 0 Å². The van der Waals surface area contributed by atoms with E-state index in [2.05, 4.69) is 0 Å². The predicted octanol–water partition coefficient (Wildman–Crippen LogP) is 1.70. The van der Waals surface area contributed by atoms with Crippen molar-refractivity contribution in [3.8, 4) is 5.75 Å². The molecule has 1 rings (SSSR count). The molecule has 0 spiro atoms. The molecular formula is C13H19Cl2NO3. The molecule has 2 N–H and O–H groups in total. The summed E-state index contributed by atoms with van der Waals surface area (Å²) in [5.41, 5.74) is 0.870. The quantitative estimate of drug-likeness (QED) is 0.718. The number of ether oxygens (including phenoxy) is 1. The molecule has 0 bridgehead atoms. The molecular weight excluding hydrogens is 289 g/mol. The maximum Gasteiger partial charge on any atom is 0.119 e. The molecule has 1 aromatic rings. The number of halogens is 2. The molecule has 6 heteroatoms. The SMILES string of the molecule is COc1ccc(N(C[C@@H](O)CCl)C[C@@H](O)CCl)cc1. The van der Waals surface area contributed by atoms with Crippen molar-refractivity contribution in [2.24, 2.45) is 0 Å². The molecule has 0 aliphatic rings. The van der Waals surface area contributed by atoms with Crippen LogP contribution >= 0.6 is 23.2 Å². The number of methoxy groups -OCH3 is 1. The molecule has 0 fully saturated rings. The number of alkyl halides is 2. The smallest absolute Gasteiger partial charge is 0.119 e. The minimum absolute atomic E-state index is 0.142. The summed E-state index contributed by atoms with van der Waals surface area (Å²) in [6, 6.07) is 7.37. The van der Waals surface area contributed by atoms with Crippen molar-refractivity contribution in [3.63, 3.8) is 0 Å². The fourth-order valence-corrected chi connectivity index (χ4v) is 1.88. The number of aliphatic hydroxyl groups is 2. The van der Waals surface area contributed by atoms with Crippen LogP contribution in [0.4, 0.5) is 5.69 Å². The minimum atomic E-state index is -0.661. The molecule has 0 amide bonds. The second-order valence-electron chi connectivity index (χ2n) is 4.22. The summed E-state index contributed by atoms with van der Waals surface area (Å²) in [6.45, 7) is 0.674. The molecule has 108 valence electrons. The van der Waals surface area contributed by atoms with Gasteiger partial charge in [-0.15, -0.1) is 23.2 Å². The van der Waals surface area contributed by atoms with Gasteiger partial charge in [0.2, 0.25) is 0 Å². The molecule has 0 heterocycles. The highest BCUT2D eigenvalue weighted by atomic mass is 35.5. The molecule has 0 aliphatic heterocycles. The van der Waals surface area contributed by atoms with Crippen molar-refractivity contribution in [3.05, 3.63) is 24.3 Å². The lowest BCUT2D eigenvalue weighted by Gasteiger charge is -2.28. The van der Waals surface area contributed by atoms with Crippen LogP contribution in [0.1, 0.15) is 0 Å². The number of benzene rings is 1. The summed E-state index contributed by atoms with van der Waals surface area (Å²) >= 11 is 11.2. The van der Waals surface area contributed by atoms with Gasteiger partial charge in [-0.05, 0) is 24.3 Å². The molecule has 4 nitrogen and oxygen atoms in total. The summed E-state index contributed by atoms with van der Waals surface area (Å²) in [5, 5.41) is 19.3. The van der Waals surface area contributed by atoms with E-state index in [1.165, 1.54) is 0 Å². The Morgan fingerprint density at radius 3 is 1.89 bits per heavy atom. The van der Waals surface area contributed by atoms with Gasteiger partial charge < -0.3 is 19.8 Å². The van der Waals surface area contributed by atoms with Crippen molar-refractivity contribution < 1.29 is 14.9 Å². The summed E-state index contributed by atoms with van der Waals surface area (Å²) in [7, 11) is 1.60. The van der Waals surface area contributed by atoms with Crippen LogP contribution in [0.5, 0.6) is 5.75 Å². The molecule has 0 unspecified atom stereocenters. The Kier molecular flexibility index (Phi) is 7.31. The van der Waals surface area contributed by atoms with Gasteiger partial charge in [0.25, 0.3) is 0 Å². The second kappa shape index (κ2) is 8.48. The van der Waals surface area contributed by atoms with Gasteiger partial charge in [0, 0.05) is 18.8 Å². The number of nitrogens with zero attached hydrogens (tertiary/aromatic N) is 1. The third-order valence-electron chi connectivity index (χ3n) is 2.66. The van der Waals surface area contributed by atoms with Crippen LogP contribution in [0.15, 0.2) is 24.3 Å². The average molecular weight is 308 g/mol. The van der Waals surface area contributed by atoms with Crippen LogP contribution in [0.3, 0.4) is 0 Å². The van der Waals surface area contributed by atoms with Gasteiger partial charge in [0.1, 0.15) is 5.75 Å². The summed E-state index contributed by atoms with van der Waals surface area (Å²) < 4.78 is 5.09. The van der Waals surface area contributed by atoms with Gasteiger partial charge in [-0.1, -0.05) is 0 Å². The molecule has 0 saturated heterocycles. The van der Waals surface area contributed by atoms with Crippen molar-refractivity contribution in [2.75, 3.05) is 36.9 Å². The van der Waals surface area contributed by atoms with E-state index < -0.39 is 12.2 Å². The first-order valence-corrected chi connectivity index (χ1v) is 7.04. The van der Waals surface area contributed by atoms with Crippen LogP contribution in [-0.4, -0.2) is 54.4 Å². The first-order valence-electron chi connectivity index (χ1n) is 5.97. The maximum absolute atomic E-state index is 9.66. The number of anilines is 1. The zero-order chi connectivity index (χ0) is 14.3. The van der Waals surface area contributed by atoms with E-state index in [1.807, 2.05) is 29.2 Å². The molecule has 0 saturated carbocycles. The molecule has 0 aliphatic carbocycles. The maximum atomic E-state index is 9.66. The molecule has 19 heavy (non-hydrogen) atoms. The average Bonchev–Trinajstić information content (AvgIpc) is 2.46. The summed E-state index contributed by atoms with van der Waals surface area (Å²) in [6.07, 6.45) is -1.32. The number of rotatable bonds is 8. The van der Waals surface area contributed by atoms with Crippen molar-refractivity contribution in [2.45, 2.75) is 12.2 Å². The van der Waals surface area contributed by atoms with E-state index in [0.717, 1.165) is 11.4 Å². The predicted molar refractivity (Wildman–Crippen MR) is 78.7 cm³/mol. The van der Waals surface area contributed by atoms with Crippen LogP contribution in [0.25, 0.3) is 0 Å². The van der Waals surface area contributed by atoms with E-state index in [-0.39, 0.29) is 11.8 Å². The molecule has 0 aromatic heterocycles. The van der Waals surface area contributed by atoms with Crippen LogP contribution < -0.4 is 9.64 Å². The lowest BCUT2D eigenvalue weighted by Crippen LogP contribution is -2.39. The molecule has 2 atom stereocenters. The Hall–Kier alpha value is -0.680. The zero-order valence-electron chi connectivity index (χ0n) is 10.8. The summed E-state index contributed by atoms with van der Waals surface area (Å²) in [5.74, 6) is 1.03. The van der Waals surface area contributed by atoms with Gasteiger partial charge in [-0.3, -0.25) is 0 Å². The summed E-state index contributed by atoms with van der Waals surface area (Å²) in [4.78, 5) is 1.85. The number of hydrogen-bond donors (Lipinski definition) is 2. The second-order valence-corrected chi connectivity index (χ2v) is 4.84.